The Morgan fingerprint density at radius 1 is 1.23 bits per heavy atom. The SMILES string of the molecule is C[C@@H](C(=O)Nc1cnc(Oc2ccc(F)cc2F)cn1)N1CCC(F)(F)C(c2cc[n+]([O-])cc2)C1. The van der Waals surface area contributed by atoms with E-state index in [-0.39, 0.29) is 30.5 Å². The summed E-state index contributed by atoms with van der Waals surface area (Å²) in [5.74, 6) is -6.54. The van der Waals surface area contributed by atoms with Crippen LogP contribution in [0.4, 0.5) is 23.4 Å². The van der Waals surface area contributed by atoms with E-state index in [9.17, 15) is 27.6 Å². The van der Waals surface area contributed by atoms with E-state index in [1.807, 2.05) is 0 Å². The molecule has 2 atom stereocenters. The molecule has 3 aromatic rings. The highest BCUT2D eigenvalue weighted by Crippen LogP contribution is 2.40. The molecule has 1 N–H and O–H groups in total. The number of rotatable bonds is 6. The Bertz CT molecular complexity index is 1190. The Morgan fingerprint density at radius 2 is 1.97 bits per heavy atom. The first-order valence-corrected chi connectivity index (χ1v) is 10.7. The summed E-state index contributed by atoms with van der Waals surface area (Å²) in [6, 6.07) is 4.76. The molecule has 4 rings (SSSR count). The molecule has 12 heteroatoms. The van der Waals surface area contributed by atoms with Crippen LogP contribution in [0.1, 0.15) is 24.8 Å². The number of piperidine rings is 1. The van der Waals surface area contributed by atoms with Crippen LogP contribution >= 0.6 is 0 Å². The molecule has 1 aliphatic heterocycles. The number of hydrogen-bond acceptors (Lipinski definition) is 6. The van der Waals surface area contributed by atoms with Crippen LogP contribution in [0.2, 0.25) is 0 Å². The minimum Gasteiger partial charge on any atom is -0.619 e. The van der Waals surface area contributed by atoms with Crippen LogP contribution in [0.3, 0.4) is 0 Å². The molecule has 184 valence electrons. The van der Waals surface area contributed by atoms with Crippen molar-refractivity contribution in [3.05, 3.63) is 77.5 Å². The number of carbonyl (C=O) groups excluding carboxylic acids is 1. The van der Waals surface area contributed by atoms with Crippen LogP contribution in [0.15, 0.2) is 55.1 Å². The van der Waals surface area contributed by atoms with Crippen molar-refractivity contribution in [3.63, 3.8) is 0 Å². The number of nitrogens with one attached hydrogen (secondary N) is 1. The van der Waals surface area contributed by atoms with Gasteiger partial charge < -0.3 is 15.3 Å². The quantitative estimate of drug-likeness (QED) is 0.322. The second kappa shape index (κ2) is 9.82. The zero-order chi connectivity index (χ0) is 25.2. The van der Waals surface area contributed by atoms with Gasteiger partial charge in [-0.3, -0.25) is 9.69 Å². The molecule has 1 fully saturated rings. The number of pyridine rings is 1. The lowest BCUT2D eigenvalue weighted by Gasteiger charge is -2.40. The van der Waals surface area contributed by atoms with Gasteiger partial charge in [-0.05, 0) is 24.6 Å². The molecule has 1 aliphatic rings. The molecule has 8 nitrogen and oxygen atoms in total. The van der Waals surface area contributed by atoms with Crippen LogP contribution in [-0.4, -0.2) is 45.8 Å². The topological polar surface area (TPSA) is 94.3 Å². The second-order valence-electron chi connectivity index (χ2n) is 8.13. The molecule has 1 amide bonds. The Morgan fingerprint density at radius 3 is 2.63 bits per heavy atom. The monoisotopic (exact) mass is 491 g/mol. The molecule has 2 aromatic heterocycles. The normalized spacial score (nSPS) is 18.6. The van der Waals surface area contributed by atoms with E-state index in [0.717, 1.165) is 30.7 Å². The predicted octanol–water partition coefficient (Wildman–Crippen LogP) is 3.63. The number of nitrogens with zero attached hydrogens (tertiary/aromatic N) is 4. The average Bonchev–Trinajstić information content (AvgIpc) is 2.82. The molecular formula is C23H21F4N5O3. The maximum atomic E-state index is 14.6. The van der Waals surface area contributed by atoms with Crippen LogP contribution in [0.5, 0.6) is 11.6 Å². The number of ether oxygens (including phenoxy) is 1. The van der Waals surface area contributed by atoms with Crippen LogP contribution in [0, 0.1) is 16.8 Å². The summed E-state index contributed by atoms with van der Waals surface area (Å²) in [7, 11) is 0. The summed E-state index contributed by atoms with van der Waals surface area (Å²) in [5, 5.41) is 13.8. The summed E-state index contributed by atoms with van der Waals surface area (Å²) in [6.45, 7) is 1.52. The number of alkyl halides is 2. The third-order valence-corrected chi connectivity index (χ3v) is 5.80. The van der Waals surface area contributed by atoms with Gasteiger partial charge in [-0.25, -0.2) is 27.5 Å². The largest absolute Gasteiger partial charge is 0.619 e. The zero-order valence-corrected chi connectivity index (χ0v) is 18.5. The van der Waals surface area contributed by atoms with Gasteiger partial charge >= 0.3 is 0 Å². The fourth-order valence-electron chi connectivity index (χ4n) is 3.78. The molecule has 0 saturated carbocycles. The summed E-state index contributed by atoms with van der Waals surface area (Å²) >= 11 is 0. The van der Waals surface area contributed by atoms with E-state index in [0.29, 0.717) is 16.4 Å². The first-order chi connectivity index (χ1) is 16.6. The first-order valence-electron chi connectivity index (χ1n) is 10.7. The van der Waals surface area contributed by atoms with Crippen molar-refractivity contribution in [2.24, 2.45) is 0 Å². The molecular weight excluding hydrogens is 470 g/mol. The summed E-state index contributed by atoms with van der Waals surface area (Å²) in [5.41, 5.74) is 0.318. The Balaban J connectivity index is 1.39. The zero-order valence-electron chi connectivity index (χ0n) is 18.5. The molecule has 1 unspecified atom stereocenters. The van der Waals surface area contributed by atoms with Gasteiger partial charge in [0.15, 0.2) is 29.8 Å². The number of amides is 1. The summed E-state index contributed by atoms with van der Waals surface area (Å²) < 4.78 is 61.6. The standard InChI is InChI=1S/C23H21F4N5O3/c1-14(31-9-6-23(26,27)17(13-31)15-4-7-32(34)8-5-15)22(33)30-20-11-29-21(12-28-20)35-19-3-2-16(24)10-18(19)25/h2-5,7-8,10-12,14,17H,6,9,13H2,1H3,(H,28,30,33)/t14-,17?/m0/s1. The van der Waals surface area contributed by atoms with Crippen molar-refractivity contribution < 1.29 is 31.8 Å². The van der Waals surface area contributed by atoms with E-state index >= 15 is 0 Å². The van der Waals surface area contributed by atoms with Crippen molar-refractivity contribution in [2.45, 2.75) is 31.2 Å². The van der Waals surface area contributed by atoms with Crippen LogP contribution in [-0.2, 0) is 4.79 Å². The van der Waals surface area contributed by atoms with Crippen molar-refractivity contribution in [1.82, 2.24) is 14.9 Å². The van der Waals surface area contributed by atoms with E-state index < -0.39 is 41.8 Å². The molecule has 0 radical (unpaired) electrons. The van der Waals surface area contributed by atoms with Crippen molar-refractivity contribution >= 4 is 11.7 Å². The molecule has 0 bridgehead atoms. The average molecular weight is 491 g/mol. The third kappa shape index (κ3) is 5.65. The minimum absolute atomic E-state index is 0.00810. The lowest BCUT2D eigenvalue weighted by molar-refractivity contribution is -0.605. The fraction of sp³-hybridized carbons (Fsp3) is 0.304. The number of benzene rings is 1. The number of carbonyl (C=O) groups is 1. The maximum Gasteiger partial charge on any atom is 0.257 e. The Kier molecular flexibility index (Phi) is 6.83. The van der Waals surface area contributed by atoms with Gasteiger partial charge in [0.05, 0.1) is 24.4 Å². The van der Waals surface area contributed by atoms with Crippen LogP contribution < -0.4 is 14.8 Å². The maximum absolute atomic E-state index is 14.6. The highest BCUT2D eigenvalue weighted by molar-refractivity contribution is 5.93. The van der Waals surface area contributed by atoms with Gasteiger partial charge in [-0.2, -0.15) is 4.73 Å². The lowest BCUT2D eigenvalue weighted by Crippen LogP contribution is -2.52. The number of halogens is 4. The van der Waals surface area contributed by atoms with Crippen LogP contribution in [0.25, 0.3) is 0 Å². The van der Waals surface area contributed by atoms with E-state index in [4.69, 9.17) is 4.74 Å². The van der Waals surface area contributed by atoms with Crippen molar-refractivity contribution in [2.75, 3.05) is 18.4 Å². The second-order valence-corrected chi connectivity index (χ2v) is 8.13. The first kappa shape index (κ1) is 24.3. The summed E-state index contributed by atoms with van der Waals surface area (Å²) in [4.78, 5) is 22.3. The van der Waals surface area contributed by atoms with E-state index in [2.05, 4.69) is 15.3 Å². The number of likely N-dealkylation sites (tertiary alicyclic amines) is 1. The molecule has 0 spiro atoms. The lowest BCUT2D eigenvalue weighted by atomic mass is 9.87. The van der Waals surface area contributed by atoms with Gasteiger partial charge in [0.1, 0.15) is 5.82 Å². The Labute approximate surface area is 197 Å². The predicted molar refractivity (Wildman–Crippen MR) is 116 cm³/mol. The third-order valence-electron chi connectivity index (χ3n) is 5.80. The van der Waals surface area contributed by atoms with Crippen molar-refractivity contribution in [3.8, 4) is 11.6 Å². The van der Waals surface area contributed by atoms with Gasteiger partial charge in [-0.15, -0.1) is 0 Å². The molecule has 0 aliphatic carbocycles. The Hall–Kier alpha value is -3.80. The number of hydrogen-bond donors (Lipinski definition) is 1. The fourth-order valence-corrected chi connectivity index (χ4v) is 3.78. The highest BCUT2D eigenvalue weighted by atomic mass is 19.3. The smallest absolute Gasteiger partial charge is 0.257 e. The van der Waals surface area contributed by atoms with Gasteiger partial charge in [0.25, 0.3) is 5.92 Å². The van der Waals surface area contributed by atoms with Gasteiger partial charge in [0.2, 0.25) is 11.8 Å². The van der Waals surface area contributed by atoms with Crippen molar-refractivity contribution in [1.29, 1.82) is 0 Å². The number of aromatic nitrogens is 3. The number of anilines is 1. The summed E-state index contributed by atoms with van der Waals surface area (Å²) in [6.07, 6.45) is 4.23. The van der Waals surface area contributed by atoms with E-state index in [1.54, 1.807) is 11.8 Å². The molecule has 1 aromatic carbocycles. The minimum atomic E-state index is -2.98. The van der Waals surface area contributed by atoms with Gasteiger partial charge in [0, 0.05) is 37.7 Å². The molecule has 1 saturated heterocycles. The molecule has 35 heavy (non-hydrogen) atoms. The molecule has 3 heterocycles. The highest BCUT2D eigenvalue weighted by Gasteiger charge is 2.46. The van der Waals surface area contributed by atoms with E-state index in [1.165, 1.54) is 18.3 Å². The van der Waals surface area contributed by atoms with Gasteiger partial charge in [-0.1, -0.05) is 0 Å².